The van der Waals surface area contributed by atoms with E-state index < -0.39 is 28.5 Å². The SMILES string of the molecule is Cc1ccc(S(=O)(=O)N(CC(=O)N(Cc2ccc(Br)cc2)[C@H](Cc2ccccc2)C(=O)NC(C)C)c2cccc(Cl)c2)cc1. The molecule has 7 nitrogen and oxygen atoms in total. The lowest BCUT2D eigenvalue weighted by Gasteiger charge is -2.34. The second kappa shape index (κ2) is 14.9. The molecule has 44 heavy (non-hydrogen) atoms. The highest BCUT2D eigenvalue weighted by atomic mass is 79.9. The Balaban J connectivity index is 1.80. The molecule has 0 heterocycles. The smallest absolute Gasteiger partial charge is 0.264 e. The maximum absolute atomic E-state index is 14.4. The van der Waals surface area contributed by atoms with Gasteiger partial charge in [-0.1, -0.05) is 93.8 Å². The molecule has 0 aliphatic rings. The molecule has 0 saturated heterocycles. The van der Waals surface area contributed by atoms with Gasteiger partial charge in [0.25, 0.3) is 10.0 Å². The van der Waals surface area contributed by atoms with E-state index in [0.717, 1.165) is 25.5 Å². The van der Waals surface area contributed by atoms with Crippen LogP contribution in [-0.4, -0.2) is 43.8 Å². The van der Waals surface area contributed by atoms with Crippen molar-refractivity contribution in [3.63, 3.8) is 0 Å². The largest absolute Gasteiger partial charge is 0.352 e. The van der Waals surface area contributed by atoms with Crippen molar-refractivity contribution in [2.45, 2.75) is 50.7 Å². The number of anilines is 1. The highest BCUT2D eigenvalue weighted by Gasteiger charge is 2.35. The number of carbonyl (C=O) groups is 2. The quantitative estimate of drug-likeness (QED) is 0.177. The number of amides is 2. The van der Waals surface area contributed by atoms with Gasteiger partial charge < -0.3 is 10.2 Å². The summed E-state index contributed by atoms with van der Waals surface area (Å²) in [6.45, 7) is 5.11. The molecule has 1 atom stereocenters. The number of hydrogen-bond acceptors (Lipinski definition) is 4. The lowest BCUT2D eigenvalue weighted by atomic mass is 10.0. The summed E-state index contributed by atoms with van der Waals surface area (Å²) in [7, 11) is -4.20. The molecule has 10 heteroatoms. The molecule has 0 radical (unpaired) electrons. The molecule has 0 spiro atoms. The summed E-state index contributed by atoms with van der Waals surface area (Å²) in [5.41, 5.74) is 2.79. The predicted octanol–water partition coefficient (Wildman–Crippen LogP) is 6.77. The fourth-order valence-corrected chi connectivity index (χ4v) is 6.57. The van der Waals surface area contributed by atoms with E-state index in [4.69, 9.17) is 11.6 Å². The highest BCUT2D eigenvalue weighted by molar-refractivity contribution is 9.10. The van der Waals surface area contributed by atoms with Gasteiger partial charge in [-0.2, -0.15) is 0 Å². The van der Waals surface area contributed by atoms with Crippen LogP contribution in [0.2, 0.25) is 5.02 Å². The van der Waals surface area contributed by atoms with Gasteiger partial charge in [-0.05, 0) is 74.4 Å². The van der Waals surface area contributed by atoms with Gasteiger partial charge in [-0.3, -0.25) is 13.9 Å². The summed E-state index contributed by atoms with van der Waals surface area (Å²) < 4.78 is 30.1. The fraction of sp³-hybridized carbons (Fsp3) is 0.235. The standard InChI is InChI=1S/C34H35BrClN3O4S/c1-24(2)37-34(41)32(20-26-8-5-4-6-9-26)38(22-27-14-16-28(35)17-15-27)33(40)23-39(30-11-7-10-29(36)21-30)44(42,43)31-18-12-25(3)13-19-31/h4-19,21,24,32H,20,22-23H2,1-3H3,(H,37,41)/t32-/m1/s1. The summed E-state index contributed by atoms with van der Waals surface area (Å²) in [5.74, 6) is -0.867. The Kier molecular flexibility index (Phi) is 11.2. The number of halogens is 2. The van der Waals surface area contributed by atoms with Gasteiger partial charge in [-0.25, -0.2) is 8.42 Å². The zero-order valence-corrected chi connectivity index (χ0v) is 27.9. The predicted molar refractivity (Wildman–Crippen MR) is 179 cm³/mol. The Morgan fingerprint density at radius 3 is 2.14 bits per heavy atom. The van der Waals surface area contributed by atoms with Crippen molar-refractivity contribution in [2.24, 2.45) is 0 Å². The number of nitrogens with one attached hydrogen (secondary N) is 1. The minimum atomic E-state index is -4.20. The molecule has 0 aromatic heterocycles. The Morgan fingerprint density at radius 2 is 1.52 bits per heavy atom. The van der Waals surface area contributed by atoms with Gasteiger partial charge in [0.15, 0.2) is 0 Å². The Labute approximate surface area is 273 Å². The minimum absolute atomic E-state index is 0.0359. The van der Waals surface area contributed by atoms with Crippen molar-refractivity contribution in [3.05, 3.63) is 129 Å². The number of hydrogen-bond donors (Lipinski definition) is 1. The van der Waals surface area contributed by atoms with Crippen LogP contribution in [0.5, 0.6) is 0 Å². The number of benzene rings is 4. The van der Waals surface area contributed by atoms with Crippen molar-refractivity contribution in [3.8, 4) is 0 Å². The molecule has 230 valence electrons. The van der Waals surface area contributed by atoms with Crippen LogP contribution in [0.1, 0.15) is 30.5 Å². The van der Waals surface area contributed by atoms with Crippen molar-refractivity contribution in [1.29, 1.82) is 0 Å². The lowest BCUT2D eigenvalue weighted by Crippen LogP contribution is -2.54. The third kappa shape index (κ3) is 8.71. The fourth-order valence-electron chi connectivity index (χ4n) is 4.72. The molecule has 4 aromatic carbocycles. The van der Waals surface area contributed by atoms with Gasteiger partial charge >= 0.3 is 0 Å². The second-order valence-electron chi connectivity index (χ2n) is 10.8. The van der Waals surface area contributed by atoms with E-state index in [1.165, 1.54) is 23.1 Å². The average molecular weight is 697 g/mol. The number of rotatable bonds is 12. The van der Waals surface area contributed by atoms with Crippen LogP contribution >= 0.6 is 27.5 Å². The molecular formula is C34H35BrClN3O4S. The number of aryl methyl sites for hydroxylation is 1. The van der Waals surface area contributed by atoms with Crippen molar-refractivity contribution < 1.29 is 18.0 Å². The lowest BCUT2D eigenvalue weighted by molar-refractivity contribution is -0.140. The number of carbonyl (C=O) groups excluding carboxylic acids is 2. The summed E-state index contributed by atoms with van der Waals surface area (Å²) in [4.78, 5) is 29.7. The van der Waals surface area contributed by atoms with E-state index in [0.29, 0.717) is 5.02 Å². The van der Waals surface area contributed by atoms with E-state index in [2.05, 4.69) is 21.2 Å². The molecule has 0 aliphatic heterocycles. The first-order valence-corrected chi connectivity index (χ1v) is 16.8. The van der Waals surface area contributed by atoms with Crippen LogP contribution in [0.15, 0.2) is 112 Å². The molecule has 0 saturated carbocycles. The average Bonchev–Trinajstić information content (AvgIpc) is 2.98. The first kappa shape index (κ1) is 33.2. The van der Waals surface area contributed by atoms with Crippen molar-refractivity contribution in [2.75, 3.05) is 10.8 Å². The Morgan fingerprint density at radius 1 is 0.864 bits per heavy atom. The van der Waals surface area contributed by atoms with Crippen LogP contribution in [0.3, 0.4) is 0 Å². The molecular weight excluding hydrogens is 662 g/mol. The number of sulfonamides is 1. The highest BCUT2D eigenvalue weighted by Crippen LogP contribution is 2.27. The molecule has 0 bridgehead atoms. The number of nitrogens with zero attached hydrogens (tertiary/aromatic N) is 2. The monoisotopic (exact) mass is 695 g/mol. The van der Waals surface area contributed by atoms with Gasteiger partial charge in [0.05, 0.1) is 10.6 Å². The van der Waals surface area contributed by atoms with Crippen molar-refractivity contribution in [1.82, 2.24) is 10.2 Å². The summed E-state index contributed by atoms with van der Waals surface area (Å²) in [6, 6.07) is 28.6. The topological polar surface area (TPSA) is 86.8 Å². The maximum Gasteiger partial charge on any atom is 0.264 e. The Bertz CT molecular complexity index is 1680. The van der Waals surface area contributed by atoms with Gasteiger partial charge in [0.1, 0.15) is 12.6 Å². The van der Waals surface area contributed by atoms with Gasteiger partial charge in [-0.15, -0.1) is 0 Å². The molecule has 0 unspecified atom stereocenters. The molecule has 4 rings (SSSR count). The van der Waals surface area contributed by atoms with E-state index in [9.17, 15) is 18.0 Å². The first-order valence-electron chi connectivity index (χ1n) is 14.2. The molecule has 2 amide bonds. The normalized spacial score (nSPS) is 12.0. The second-order valence-corrected chi connectivity index (χ2v) is 14.0. The van der Waals surface area contributed by atoms with E-state index in [1.54, 1.807) is 30.3 Å². The summed E-state index contributed by atoms with van der Waals surface area (Å²) in [6.07, 6.45) is 0.240. The van der Waals surface area contributed by atoms with Gasteiger partial charge in [0, 0.05) is 28.5 Å². The molecule has 0 fully saturated rings. The van der Waals surface area contributed by atoms with Crippen LogP contribution < -0.4 is 9.62 Å². The van der Waals surface area contributed by atoms with Crippen LogP contribution in [0.4, 0.5) is 5.69 Å². The zero-order valence-electron chi connectivity index (χ0n) is 24.8. The summed E-state index contributed by atoms with van der Waals surface area (Å²) >= 11 is 9.73. The van der Waals surface area contributed by atoms with E-state index in [-0.39, 0.29) is 35.5 Å². The van der Waals surface area contributed by atoms with Crippen LogP contribution in [-0.2, 0) is 32.6 Å². The van der Waals surface area contributed by atoms with Gasteiger partial charge in [0.2, 0.25) is 11.8 Å². The van der Waals surface area contributed by atoms with Crippen molar-refractivity contribution >= 4 is 55.1 Å². The molecule has 4 aromatic rings. The molecule has 1 N–H and O–H groups in total. The third-order valence-corrected chi connectivity index (χ3v) is 9.50. The zero-order chi connectivity index (χ0) is 31.9. The summed E-state index contributed by atoms with van der Waals surface area (Å²) in [5, 5.41) is 3.28. The maximum atomic E-state index is 14.4. The molecule has 0 aliphatic carbocycles. The minimum Gasteiger partial charge on any atom is -0.352 e. The first-order chi connectivity index (χ1) is 20.9. The van der Waals surface area contributed by atoms with Crippen LogP contribution in [0, 0.1) is 6.92 Å². The van der Waals surface area contributed by atoms with E-state index in [1.807, 2.05) is 75.4 Å². The third-order valence-electron chi connectivity index (χ3n) is 6.95. The Hall–Kier alpha value is -3.66. The van der Waals surface area contributed by atoms with Crippen LogP contribution in [0.25, 0.3) is 0 Å². The van der Waals surface area contributed by atoms with E-state index >= 15 is 0 Å².